The zero-order chi connectivity index (χ0) is 17.6. The summed E-state index contributed by atoms with van der Waals surface area (Å²) in [5.41, 5.74) is 0. The average molecular weight is 286 g/mol. The van der Waals surface area contributed by atoms with Gasteiger partial charge in [0.25, 0.3) is 0 Å². The molecule has 0 spiro atoms. The monoisotopic (exact) mass is 286 g/mol. The lowest BCUT2D eigenvalue weighted by molar-refractivity contribution is 2.32. The SMILES string of the molecule is [B]C#CC#CC#CC#CC#CC#CC#CC#CC#CC#CC#C[B]. The van der Waals surface area contributed by atoms with E-state index in [1.54, 1.807) is 0 Å². The van der Waals surface area contributed by atoms with Crippen LogP contribution in [-0.2, 0) is 0 Å². The van der Waals surface area contributed by atoms with E-state index in [2.05, 4.69) is 130 Å². The van der Waals surface area contributed by atoms with Crippen LogP contribution in [-0.4, -0.2) is 15.7 Å². The highest BCUT2D eigenvalue weighted by atomic mass is 13.6. The van der Waals surface area contributed by atoms with Crippen molar-refractivity contribution in [2.75, 3.05) is 0 Å². The largest absolute Gasteiger partial charge is 0.189 e. The van der Waals surface area contributed by atoms with Crippen LogP contribution < -0.4 is 0 Å². The molecule has 0 nitrogen and oxygen atoms in total. The van der Waals surface area contributed by atoms with Crippen molar-refractivity contribution in [3.05, 3.63) is 0 Å². The maximum absolute atomic E-state index is 4.90. The van der Waals surface area contributed by atoms with E-state index in [9.17, 15) is 0 Å². The minimum Gasteiger partial charge on any atom is -0.158 e. The van der Waals surface area contributed by atoms with Crippen LogP contribution in [0.2, 0.25) is 0 Å². The molecule has 0 heterocycles. The lowest BCUT2D eigenvalue weighted by Gasteiger charge is -1.57. The molecule has 0 aliphatic heterocycles. The van der Waals surface area contributed by atoms with Gasteiger partial charge in [0.2, 0.25) is 0 Å². The molecule has 0 atom stereocenters. The molecule has 2 heteroatoms. The van der Waals surface area contributed by atoms with E-state index >= 15 is 0 Å². The molecule has 0 aromatic rings. The van der Waals surface area contributed by atoms with E-state index in [1.165, 1.54) is 0 Å². The second-order valence-electron chi connectivity index (χ2n) is 2.79. The Morgan fingerprint density at radius 1 is 0.208 bits per heavy atom. The van der Waals surface area contributed by atoms with Crippen molar-refractivity contribution in [3.63, 3.8) is 0 Å². The molecule has 0 unspecified atom stereocenters. The van der Waals surface area contributed by atoms with Gasteiger partial charge in [-0.25, -0.2) is 0 Å². The van der Waals surface area contributed by atoms with E-state index in [1.807, 2.05) is 0 Å². The van der Waals surface area contributed by atoms with E-state index in [0.29, 0.717) is 0 Å². The van der Waals surface area contributed by atoms with Crippen molar-refractivity contribution in [1.29, 1.82) is 0 Å². The highest BCUT2D eigenvalue weighted by Gasteiger charge is 1.58. The normalized spacial score (nSPS) is 3.83. The minimum atomic E-state index is 2.12. The fourth-order valence-corrected chi connectivity index (χ4v) is 0.635. The third-order valence-electron chi connectivity index (χ3n) is 1.33. The van der Waals surface area contributed by atoms with Crippen molar-refractivity contribution in [1.82, 2.24) is 0 Å². The third kappa shape index (κ3) is 17.3. The Morgan fingerprint density at radius 2 is 0.333 bits per heavy atom. The van der Waals surface area contributed by atoms with Gasteiger partial charge in [0.05, 0.1) is 0 Å². The Balaban J connectivity index is 4.39. The van der Waals surface area contributed by atoms with Gasteiger partial charge in [0.15, 0.2) is 15.7 Å². The van der Waals surface area contributed by atoms with Crippen molar-refractivity contribution in [2.24, 2.45) is 0 Å². The molecule has 94 valence electrons. The lowest BCUT2D eigenvalue weighted by atomic mass is 10.2. The van der Waals surface area contributed by atoms with Crippen molar-refractivity contribution in [3.8, 4) is 130 Å². The molecule has 0 saturated heterocycles. The van der Waals surface area contributed by atoms with Crippen LogP contribution in [0, 0.1) is 130 Å². The van der Waals surface area contributed by atoms with Gasteiger partial charge in [0, 0.05) is 23.7 Å². The maximum Gasteiger partial charge on any atom is 0.189 e. The van der Waals surface area contributed by atoms with Crippen LogP contribution in [0.3, 0.4) is 0 Å². The summed E-state index contributed by atoms with van der Waals surface area (Å²) < 4.78 is 0. The number of rotatable bonds is 0. The molecule has 0 rings (SSSR count). The van der Waals surface area contributed by atoms with Gasteiger partial charge >= 0.3 is 0 Å². The second kappa shape index (κ2) is 18.3. The van der Waals surface area contributed by atoms with E-state index < -0.39 is 0 Å². The molecule has 24 heavy (non-hydrogen) atoms. The maximum atomic E-state index is 4.90. The zero-order valence-electron chi connectivity index (χ0n) is 12.2. The first-order valence-corrected chi connectivity index (χ1v) is 5.83. The van der Waals surface area contributed by atoms with Crippen molar-refractivity contribution >= 4 is 15.7 Å². The van der Waals surface area contributed by atoms with Gasteiger partial charge in [-0.3, -0.25) is 0 Å². The van der Waals surface area contributed by atoms with Gasteiger partial charge < -0.3 is 0 Å². The lowest BCUT2D eigenvalue weighted by Crippen LogP contribution is -1.57. The molecule has 4 radical (unpaired) electrons. The van der Waals surface area contributed by atoms with Crippen LogP contribution in [0.5, 0.6) is 0 Å². The summed E-state index contributed by atoms with van der Waals surface area (Å²) in [6.07, 6.45) is 0. The average Bonchev–Trinajstić information content (AvgIpc) is 2.60. The molecular weight excluding hydrogens is 286 g/mol. The van der Waals surface area contributed by atoms with Gasteiger partial charge in [-0.2, -0.15) is 11.6 Å². The predicted molar refractivity (Wildman–Crippen MR) is 97.0 cm³/mol. The zero-order valence-corrected chi connectivity index (χ0v) is 12.2. The molecular formula is C22B2. The molecule has 0 saturated carbocycles. The van der Waals surface area contributed by atoms with Crippen LogP contribution >= 0.6 is 0 Å². The standard InChI is InChI=1S/C22B2/c23-21-19-17-15-13-11-9-7-5-3-1-2-4-6-8-10-12-14-16-18-20-22-24. The quantitative estimate of drug-likeness (QED) is 0.407. The minimum absolute atomic E-state index is 2.12. The van der Waals surface area contributed by atoms with Crippen LogP contribution in [0.4, 0.5) is 0 Å². The summed E-state index contributed by atoms with van der Waals surface area (Å²) in [6, 6.07) is 0. The van der Waals surface area contributed by atoms with Crippen molar-refractivity contribution < 1.29 is 0 Å². The summed E-state index contributed by atoms with van der Waals surface area (Å²) in [4.78, 5) is 0. The van der Waals surface area contributed by atoms with E-state index in [0.717, 1.165) is 0 Å². The molecule has 0 aliphatic rings. The van der Waals surface area contributed by atoms with Crippen LogP contribution in [0.25, 0.3) is 0 Å². The Labute approximate surface area is 146 Å². The van der Waals surface area contributed by atoms with Crippen LogP contribution in [0.1, 0.15) is 0 Å². The number of hydrogen-bond donors (Lipinski definition) is 0. The van der Waals surface area contributed by atoms with Gasteiger partial charge in [-0.15, -0.1) is 0 Å². The first-order valence-electron chi connectivity index (χ1n) is 5.83. The van der Waals surface area contributed by atoms with Crippen LogP contribution in [0.15, 0.2) is 0 Å². The highest BCUT2D eigenvalue weighted by molar-refractivity contribution is 6.22. The fourth-order valence-electron chi connectivity index (χ4n) is 0.635. The fraction of sp³-hybridized carbons (Fsp3) is 0. The molecule has 0 aromatic heterocycles. The smallest absolute Gasteiger partial charge is 0.158 e. The topological polar surface area (TPSA) is 0 Å². The summed E-state index contributed by atoms with van der Waals surface area (Å²) in [5, 5.41) is 0. The van der Waals surface area contributed by atoms with Gasteiger partial charge in [-0.05, 0) is 94.7 Å². The summed E-state index contributed by atoms with van der Waals surface area (Å²) in [6.45, 7) is 0. The Kier molecular flexibility index (Phi) is 14.7. The van der Waals surface area contributed by atoms with E-state index in [4.69, 9.17) is 15.7 Å². The third-order valence-corrected chi connectivity index (χ3v) is 1.33. The predicted octanol–water partition coefficient (Wildman–Crippen LogP) is -0.724. The Morgan fingerprint density at radius 3 is 0.458 bits per heavy atom. The first kappa shape index (κ1) is 19.3. The molecule has 0 amide bonds. The summed E-state index contributed by atoms with van der Waals surface area (Å²) >= 11 is 0. The Bertz CT molecular complexity index is 1070. The molecule has 0 aromatic carbocycles. The van der Waals surface area contributed by atoms with E-state index in [-0.39, 0.29) is 0 Å². The second-order valence-corrected chi connectivity index (χ2v) is 2.79. The highest BCUT2D eigenvalue weighted by Crippen LogP contribution is 1.58. The summed E-state index contributed by atoms with van der Waals surface area (Å²) in [5.74, 6) is 53.2. The molecule has 0 N–H and O–H groups in total. The molecule has 0 fully saturated rings. The Hall–Kier alpha value is -4.71. The number of hydrogen-bond acceptors (Lipinski definition) is 0. The molecule has 0 bridgehead atoms. The van der Waals surface area contributed by atoms with Gasteiger partial charge in [0.1, 0.15) is 0 Å². The first-order chi connectivity index (χ1) is 11.9. The summed E-state index contributed by atoms with van der Waals surface area (Å²) in [7, 11) is 9.81. The van der Waals surface area contributed by atoms with Crippen molar-refractivity contribution in [2.45, 2.75) is 0 Å². The molecule has 0 aliphatic carbocycles. The van der Waals surface area contributed by atoms with Gasteiger partial charge in [-0.1, -0.05) is 0 Å².